The van der Waals surface area contributed by atoms with E-state index in [1.807, 2.05) is 0 Å². The molecule has 3 aromatic carbocycles. The van der Waals surface area contributed by atoms with Crippen molar-refractivity contribution in [3.63, 3.8) is 0 Å². The number of fused-ring (bicyclic) bond motifs is 1. The van der Waals surface area contributed by atoms with Gasteiger partial charge >= 0.3 is 10.4 Å². The topological polar surface area (TPSA) is 264 Å². The third kappa shape index (κ3) is 7.45. The van der Waals surface area contributed by atoms with Crippen LogP contribution in [-0.4, -0.2) is 77.3 Å². The van der Waals surface area contributed by atoms with Gasteiger partial charge in [0.1, 0.15) is 4.90 Å². The highest BCUT2D eigenvalue weighted by Gasteiger charge is 2.35. The molecule has 1 atom stereocenters. The van der Waals surface area contributed by atoms with Crippen molar-refractivity contribution < 1.29 is 56.3 Å². The smallest absolute Gasteiger partial charge is 0.282 e. The van der Waals surface area contributed by atoms with E-state index in [0.29, 0.717) is 6.07 Å². The normalized spacial score (nSPS) is 16.7. The third-order valence-corrected chi connectivity index (χ3v) is 9.74. The molecule has 0 aliphatic carbocycles. The molecule has 0 saturated carbocycles. The Kier molecular flexibility index (Phi) is 8.56. The molecule has 0 spiro atoms. The number of hydrogen-bond donors (Lipinski definition) is 3. The van der Waals surface area contributed by atoms with Crippen LogP contribution in [0.4, 0.5) is 11.4 Å². The maximum absolute atomic E-state index is 13.0. The van der Waals surface area contributed by atoms with Gasteiger partial charge in [0.25, 0.3) is 26.1 Å². The molecule has 1 heterocycles. The van der Waals surface area contributed by atoms with Crippen molar-refractivity contribution in [2.45, 2.75) is 27.7 Å². The van der Waals surface area contributed by atoms with Gasteiger partial charge in [0.15, 0.2) is 15.9 Å². The number of azo groups is 1. The van der Waals surface area contributed by atoms with Gasteiger partial charge in [-0.1, -0.05) is 6.07 Å². The predicted octanol–water partition coefficient (Wildman–Crippen LogP) is 1.80. The van der Waals surface area contributed by atoms with Gasteiger partial charge in [-0.05, 0) is 60.8 Å². The summed E-state index contributed by atoms with van der Waals surface area (Å²) in [6, 6.07) is 8.93. The van der Waals surface area contributed by atoms with Gasteiger partial charge < -0.3 is 0 Å². The van der Waals surface area contributed by atoms with Crippen LogP contribution in [0.3, 0.4) is 0 Å². The van der Waals surface area contributed by atoms with E-state index in [1.54, 1.807) is 0 Å². The number of amides is 1. The van der Waals surface area contributed by atoms with Gasteiger partial charge in [0.2, 0.25) is 0 Å². The lowest BCUT2D eigenvalue weighted by molar-refractivity contribution is -0.117. The Morgan fingerprint density at radius 2 is 1.51 bits per heavy atom. The Hall–Kier alpha value is -3.70. The summed E-state index contributed by atoms with van der Waals surface area (Å²) in [6.07, 6.45) is 0. The summed E-state index contributed by atoms with van der Waals surface area (Å²) in [6.45, 7) is 0.660. The van der Waals surface area contributed by atoms with Crippen LogP contribution < -0.4 is 5.01 Å². The van der Waals surface area contributed by atoms with E-state index in [9.17, 15) is 47.6 Å². The molecule has 1 amide bonds. The van der Waals surface area contributed by atoms with Gasteiger partial charge in [0, 0.05) is 5.39 Å². The lowest BCUT2D eigenvalue weighted by Gasteiger charge is -2.13. The zero-order valence-electron chi connectivity index (χ0n) is 21.5. The van der Waals surface area contributed by atoms with Gasteiger partial charge in [-0.25, -0.2) is 12.6 Å². The third-order valence-electron chi connectivity index (χ3n) is 5.86. The molecule has 3 N–H and O–H groups in total. The highest BCUT2D eigenvalue weighted by molar-refractivity contribution is 7.91. The minimum absolute atomic E-state index is 0.0172. The molecule has 43 heavy (non-hydrogen) atoms. The molecule has 3 aromatic rings. The Morgan fingerprint density at radius 3 is 2.09 bits per heavy atom. The van der Waals surface area contributed by atoms with Crippen molar-refractivity contribution in [2.75, 3.05) is 17.4 Å². The Labute approximate surface area is 244 Å². The van der Waals surface area contributed by atoms with Gasteiger partial charge in [-0.3, -0.25) is 18.5 Å². The fraction of sp³-hybridized carbons (Fsp3) is 0.182. The minimum atomic E-state index is -4.94. The van der Waals surface area contributed by atoms with E-state index in [-0.39, 0.29) is 32.8 Å². The van der Waals surface area contributed by atoms with E-state index in [4.69, 9.17) is 4.55 Å². The molecule has 1 aliphatic rings. The molecular weight excluding hydrogens is 657 g/mol. The molecule has 0 radical (unpaired) electrons. The van der Waals surface area contributed by atoms with E-state index in [2.05, 4.69) is 19.5 Å². The fourth-order valence-corrected chi connectivity index (χ4v) is 6.71. The standard InChI is InChI=1S/C22H20N4O13S4/c1-13-21(22(27)26(25-13)16-4-6-17(7-5-16)40(28,29)9-8-39-43(36,37)38)24-23-15-3-2-14-10-18(41(30,31)32)12-20(19(14)11-15)42(33,34)35/h2-7,10-12,21H,8-9H2,1H3,(H,30,31,32)(H,33,34,35)(H,36,37,38). The van der Waals surface area contributed by atoms with Gasteiger partial charge in [0.05, 0.1) is 39.2 Å². The maximum Gasteiger partial charge on any atom is 0.397 e. The summed E-state index contributed by atoms with van der Waals surface area (Å²) in [4.78, 5) is 11.2. The summed E-state index contributed by atoms with van der Waals surface area (Å²) in [5, 5.41) is 12.9. The summed E-state index contributed by atoms with van der Waals surface area (Å²) < 4.78 is 124. The number of hydrazone groups is 1. The highest BCUT2D eigenvalue weighted by atomic mass is 32.3. The van der Waals surface area contributed by atoms with E-state index >= 15 is 0 Å². The van der Waals surface area contributed by atoms with Crippen molar-refractivity contribution in [3.05, 3.63) is 54.6 Å². The second kappa shape index (κ2) is 11.4. The first-order valence-electron chi connectivity index (χ1n) is 11.5. The molecule has 1 unspecified atom stereocenters. The van der Waals surface area contributed by atoms with Crippen LogP contribution in [-0.2, 0) is 49.5 Å². The first-order chi connectivity index (χ1) is 19.8. The molecule has 230 valence electrons. The van der Waals surface area contributed by atoms with Crippen molar-refractivity contribution in [1.29, 1.82) is 0 Å². The van der Waals surface area contributed by atoms with Crippen LogP contribution in [0, 0.1) is 0 Å². The maximum atomic E-state index is 13.0. The molecule has 0 saturated heterocycles. The van der Waals surface area contributed by atoms with Crippen molar-refractivity contribution in [3.8, 4) is 0 Å². The molecule has 0 bridgehead atoms. The number of hydrogen-bond acceptors (Lipinski definition) is 13. The molecule has 0 fully saturated rings. The first kappa shape index (κ1) is 32.2. The van der Waals surface area contributed by atoms with E-state index in [1.165, 1.54) is 37.3 Å². The lowest BCUT2D eigenvalue weighted by Crippen LogP contribution is -2.29. The molecule has 17 nitrogen and oxygen atoms in total. The number of benzene rings is 3. The van der Waals surface area contributed by atoms with Crippen LogP contribution in [0.25, 0.3) is 10.8 Å². The second-order valence-electron chi connectivity index (χ2n) is 8.85. The summed E-state index contributed by atoms with van der Waals surface area (Å²) in [5.74, 6) is -1.42. The quantitative estimate of drug-likeness (QED) is 0.204. The predicted molar refractivity (Wildman–Crippen MR) is 148 cm³/mol. The molecule has 0 aromatic heterocycles. The highest BCUT2D eigenvalue weighted by Crippen LogP contribution is 2.31. The van der Waals surface area contributed by atoms with Gasteiger partial charge in [-0.15, -0.1) is 0 Å². The Morgan fingerprint density at radius 1 is 0.860 bits per heavy atom. The monoisotopic (exact) mass is 676 g/mol. The van der Waals surface area contributed by atoms with Crippen molar-refractivity contribution >= 4 is 74.2 Å². The number of nitrogens with zero attached hydrogens (tertiary/aromatic N) is 4. The lowest BCUT2D eigenvalue weighted by atomic mass is 10.1. The first-order valence-corrected chi connectivity index (χ1v) is 17.4. The average molecular weight is 677 g/mol. The summed E-state index contributed by atoms with van der Waals surface area (Å²) in [5.41, 5.74) is 0.377. The minimum Gasteiger partial charge on any atom is -0.282 e. The fourth-order valence-electron chi connectivity index (χ4n) is 3.87. The van der Waals surface area contributed by atoms with Crippen LogP contribution in [0.1, 0.15) is 6.92 Å². The summed E-state index contributed by atoms with van der Waals surface area (Å²) >= 11 is 0. The SMILES string of the molecule is CC1=NN(c2ccc(S(=O)(=O)CCOS(=O)(=O)O)cc2)C(=O)C1N=Nc1ccc2cc(S(=O)(=O)O)cc(S(=O)(=O)O)c2c1. The number of carbonyl (C=O) groups excluding carboxylic acids is 1. The van der Waals surface area contributed by atoms with E-state index < -0.39 is 74.6 Å². The van der Waals surface area contributed by atoms with Crippen LogP contribution in [0.2, 0.25) is 0 Å². The largest absolute Gasteiger partial charge is 0.397 e. The second-order valence-corrected chi connectivity index (χ2v) is 14.9. The molecular formula is C22H20N4O13S4. The molecule has 21 heteroatoms. The average Bonchev–Trinajstić information content (AvgIpc) is 3.17. The van der Waals surface area contributed by atoms with Crippen LogP contribution >= 0.6 is 0 Å². The van der Waals surface area contributed by atoms with Crippen LogP contribution in [0.5, 0.6) is 0 Å². The molecule has 1 aliphatic heterocycles. The van der Waals surface area contributed by atoms with Crippen molar-refractivity contribution in [1.82, 2.24) is 0 Å². The van der Waals surface area contributed by atoms with Crippen LogP contribution in [0.15, 0.2) is 84.6 Å². The number of sulfone groups is 1. The Balaban J connectivity index is 1.56. The molecule has 4 rings (SSSR count). The summed E-state index contributed by atoms with van der Waals surface area (Å²) in [7, 11) is -18.6. The number of carbonyl (C=O) groups is 1. The number of rotatable bonds is 10. The van der Waals surface area contributed by atoms with E-state index in [0.717, 1.165) is 23.2 Å². The zero-order valence-corrected chi connectivity index (χ0v) is 24.8. The Bertz CT molecular complexity index is 2130. The number of anilines is 1. The van der Waals surface area contributed by atoms with Crippen molar-refractivity contribution in [2.24, 2.45) is 15.3 Å². The van der Waals surface area contributed by atoms with Gasteiger partial charge in [-0.2, -0.15) is 45.6 Å². The zero-order chi connectivity index (χ0) is 32.0.